The van der Waals surface area contributed by atoms with E-state index in [0.29, 0.717) is 6.04 Å². The molecular weight excluding hydrogens is 239 g/mol. The van der Waals surface area contributed by atoms with Crippen LogP contribution in [-0.4, -0.2) is 30.6 Å². The highest BCUT2D eigenvalue weighted by Crippen LogP contribution is 2.21. The van der Waals surface area contributed by atoms with E-state index in [1.165, 1.54) is 25.5 Å². The van der Waals surface area contributed by atoms with E-state index in [1.807, 2.05) is 13.0 Å². The highest BCUT2D eigenvalue weighted by atomic mass is 19.1. The minimum atomic E-state index is -0.158. The minimum absolute atomic E-state index is 0.158. The van der Waals surface area contributed by atoms with Gasteiger partial charge < -0.3 is 10.2 Å². The van der Waals surface area contributed by atoms with E-state index < -0.39 is 0 Å². The molecule has 1 aliphatic heterocycles. The number of rotatable bonds is 4. The Morgan fingerprint density at radius 3 is 2.58 bits per heavy atom. The van der Waals surface area contributed by atoms with E-state index >= 15 is 0 Å². The molecule has 1 N–H and O–H groups in total. The van der Waals surface area contributed by atoms with Gasteiger partial charge in [0, 0.05) is 31.4 Å². The number of halogens is 1. The van der Waals surface area contributed by atoms with Gasteiger partial charge in [0.1, 0.15) is 5.82 Å². The monoisotopic (exact) mass is 264 g/mol. The number of hydrogen-bond donors (Lipinski definition) is 1. The molecule has 2 rings (SSSR count). The summed E-state index contributed by atoms with van der Waals surface area (Å²) in [6.45, 7) is 10.0. The third-order valence-electron chi connectivity index (χ3n) is 3.76. The van der Waals surface area contributed by atoms with Crippen molar-refractivity contribution in [1.29, 1.82) is 0 Å². The first-order valence-corrected chi connectivity index (χ1v) is 7.29. The maximum Gasteiger partial charge on any atom is 0.123 e. The third kappa shape index (κ3) is 4.20. The van der Waals surface area contributed by atoms with E-state index in [0.717, 1.165) is 30.3 Å². The molecule has 1 aromatic rings. The first-order chi connectivity index (χ1) is 9.04. The van der Waals surface area contributed by atoms with Gasteiger partial charge in [-0.3, -0.25) is 0 Å². The molecule has 0 unspecified atom stereocenters. The number of piperidine rings is 1. The molecule has 0 amide bonds. The van der Waals surface area contributed by atoms with E-state index in [4.69, 9.17) is 0 Å². The van der Waals surface area contributed by atoms with E-state index in [9.17, 15) is 4.39 Å². The first kappa shape index (κ1) is 14.3. The van der Waals surface area contributed by atoms with Gasteiger partial charge in [0.15, 0.2) is 0 Å². The van der Waals surface area contributed by atoms with Gasteiger partial charge in [-0.1, -0.05) is 13.8 Å². The number of nitrogens with zero attached hydrogens (tertiary/aromatic N) is 1. The quantitative estimate of drug-likeness (QED) is 0.892. The summed E-state index contributed by atoms with van der Waals surface area (Å²) >= 11 is 0. The number of anilines is 1. The standard InChI is InChI=1S/C16H25FN2/c1-12(2)11-19-8-6-15(7-9-19)18-16-5-4-14(17)10-13(16)3/h4-5,10,12,15,18H,6-9,11H2,1-3H3. The molecule has 1 fully saturated rings. The SMILES string of the molecule is Cc1cc(F)ccc1NC1CCN(CC(C)C)CC1. The highest BCUT2D eigenvalue weighted by Gasteiger charge is 2.19. The fourth-order valence-electron chi connectivity index (χ4n) is 2.79. The average Bonchev–Trinajstić information content (AvgIpc) is 2.34. The van der Waals surface area contributed by atoms with Gasteiger partial charge in [0.05, 0.1) is 0 Å². The second-order valence-corrected chi connectivity index (χ2v) is 6.07. The third-order valence-corrected chi connectivity index (χ3v) is 3.76. The molecule has 3 heteroatoms. The predicted octanol–water partition coefficient (Wildman–Crippen LogP) is 3.67. The highest BCUT2D eigenvalue weighted by molar-refractivity contribution is 5.51. The summed E-state index contributed by atoms with van der Waals surface area (Å²) in [5.74, 6) is 0.582. The minimum Gasteiger partial charge on any atom is -0.382 e. The van der Waals surface area contributed by atoms with Gasteiger partial charge in [0.25, 0.3) is 0 Å². The molecule has 0 saturated carbocycles. The first-order valence-electron chi connectivity index (χ1n) is 7.29. The number of aryl methyl sites for hydroxylation is 1. The molecule has 1 saturated heterocycles. The van der Waals surface area contributed by atoms with Crippen LogP contribution in [0.15, 0.2) is 18.2 Å². The van der Waals surface area contributed by atoms with Crippen LogP contribution in [-0.2, 0) is 0 Å². The molecule has 106 valence electrons. The topological polar surface area (TPSA) is 15.3 Å². The number of nitrogens with one attached hydrogen (secondary N) is 1. The Morgan fingerprint density at radius 1 is 1.32 bits per heavy atom. The molecule has 0 spiro atoms. The van der Waals surface area contributed by atoms with Crippen LogP contribution in [0, 0.1) is 18.7 Å². The molecule has 0 aliphatic carbocycles. The van der Waals surface area contributed by atoms with Crippen molar-refractivity contribution < 1.29 is 4.39 Å². The zero-order chi connectivity index (χ0) is 13.8. The Morgan fingerprint density at radius 2 is 2.00 bits per heavy atom. The molecule has 19 heavy (non-hydrogen) atoms. The van der Waals surface area contributed by atoms with Gasteiger partial charge in [-0.05, 0) is 49.4 Å². The summed E-state index contributed by atoms with van der Waals surface area (Å²) < 4.78 is 13.1. The van der Waals surface area contributed by atoms with Crippen molar-refractivity contribution in [1.82, 2.24) is 4.90 Å². The maximum atomic E-state index is 13.1. The van der Waals surface area contributed by atoms with Crippen molar-refractivity contribution in [2.24, 2.45) is 5.92 Å². The molecular formula is C16H25FN2. The molecule has 1 heterocycles. The fraction of sp³-hybridized carbons (Fsp3) is 0.625. The zero-order valence-electron chi connectivity index (χ0n) is 12.2. The summed E-state index contributed by atoms with van der Waals surface area (Å²) in [4.78, 5) is 2.54. The summed E-state index contributed by atoms with van der Waals surface area (Å²) in [5, 5.41) is 3.56. The average molecular weight is 264 g/mol. The van der Waals surface area contributed by atoms with Gasteiger partial charge in [-0.25, -0.2) is 4.39 Å². The second kappa shape index (κ2) is 6.38. The van der Waals surface area contributed by atoms with Crippen LogP contribution in [0.3, 0.4) is 0 Å². The number of benzene rings is 1. The van der Waals surface area contributed by atoms with E-state index in [1.54, 1.807) is 6.07 Å². The Kier molecular flexibility index (Phi) is 4.81. The summed E-state index contributed by atoms with van der Waals surface area (Å²) in [6, 6.07) is 5.50. The van der Waals surface area contributed by atoms with Crippen molar-refractivity contribution in [3.05, 3.63) is 29.6 Å². The molecule has 1 aromatic carbocycles. The van der Waals surface area contributed by atoms with Crippen LogP contribution in [0.1, 0.15) is 32.3 Å². The zero-order valence-corrected chi connectivity index (χ0v) is 12.2. The molecule has 0 aromatic heterocycles. The lowest BCUT2D eigenvalue weighted by Crippen LogP contribution is -2.40. The van der Waals surface area contributed by atoms with Crippen LogP contribution in [0.5, 0.6) is 0 Å². The smallest absolute Gasteiger partial charge is 0.123 e. The van der Waals surface area contributed by atoms with Crippen molar-refractivity contribution >= 4 is 5.69 Å². The van der Waals surface area contributed by atoms with E-state index in [-0.39, 0.29) is 5.82 Å². The van der Waals surface area contributed by atoms with Crippen LogP contribution in [0.2, 0.25) is 0 Å². The molecule has 0 bridgehead atoms. The normalized spacial score (nSPS) is 17.9. The van der Waals surface area contributed by atoms with Gasteiger partial charge in [-0.2, -0.15) is 0 Å². The lowest BCUT2D eigenvalue weighted by Gasteiger charge is -2.34. The van der Waals surface area contributed by atoms with Crippen LogP contribution < -0.4 is 5.32 Å². The maximum absolute atomic E-state index is 13.1. The summed E-state index contributed by atoms with van der Waals surface area (Å²) in [6.07, 6.45) is 2.34. The van der Waals surface area contributed by atoms with Gasteiger partial charge in [0.2, 0.25) is 0 Å². The lowest BCUT2D eigenvalue weighted by atomic mass is 10.0. The molecule has 2 nitrogen and oxygen atoms in total. The lowest BCUT2D eigenvalue weighted by molar-refractivity contribution is 0.198. The largest absolute Gasteiger partial charge is 0.382 e. The van der Waals surface area contributed by atoms with Crippen molar-refractivity contribution in [3.8, 4) is 0 Å². The summed E-state index contributed by atoms with van der Waals surface area (Å²) in [5.41, 5.74) is 2.06. The molecule has 0 atom stereocenters. The number of hydrogen-bond acceptors (Lipinski definition) is 2. The van der Waals surface area contributed by atoms with Crippen LogP contribution in [0.25, 0.3) is 0 Å². The van der Waals surface area contributed by atoms with Crippen molar-refractivity contribution in [2.45, 2.75) is 39.7 Å². The Labute approximate surface area is 116 Å². The van der Waals surface area contributed by atoms with Gasteiger partial charge in [-0.15, -0.1) is 0 Å². The Bertz CT molecular complexity index is 409. The van der Waals surface area contributed by atoms with Crippen molar-refractivity contribution in [3.63, 3.8) is 0 Å². The molecule has 1 aliphatic rings. The van der Waals surface area contributed by atoms with Crippen molar-refractivity contribution in [2.75, 3.05) is 25.0 Å². The van der Waals surface area contributed by atoms with Gasteiger partial charge >= 0.3 is 0 Å². The second-order valence-electron chi connectivity index (χ2n) is 6.07. The van der Waals surface area contributed by atoms with Crippen LogP contribution >= 0.6 is 0 Å². The Hall–Kier alpha value is -1.09. The number of likely N-dealkylation sites (tertiary alicyclic amines) is 1. The fourth-order valence-corrected chi connectivity index (χ4v) is 2.79. The Balaban J connectivity index is 1.85. The summed E-state index contributed by atoms with van der Waals surface area (Å²) in [7, 11) is 0. The predicted molar refractivity (Wildman–Crippen MR) is 79.1 cm³/mol. The molecule has 0 radical (unpaired) electrons. The van der Waals surface area contributed by atoms with Crippen LogP contribution in [0.4, 0.5) is 10.1 Å². The van der Waals surface area contributed by atoms with E-state index in [2.05, 4.69) is 24.1 Å².